The van der Waals surface area contributed by atoms with Gasteiger partial charge in [0, 0.05) is 18.0 Å². The lowest BCUT2D eigenvalue weighted by Gasteiger charge is -2.24. The summed E-state index contributed by atoms with van der Waals surface area (Å²) in [7, 11) is 0. The number of hydrogen-bond acceptors (Lipinski definition) is 4. The minimum Gasteiger partial charge on any atom is -0.331 e. The van der Waals surface area contributed by atoms with Gasteiger partial charge in [0.1, 0.15) is 6.33 Å². The maximum atomic E-state index is 12.4. The molecule has 0 bridgehead atoms. The molecule has 2 aromatic heterocycles. The van der Waals surface area contributed by atoms with E-state index in [2.05, 4.69) is 27.0 Å². The van der Waals surface area contributed by atoms with Crippen LogP contribution in [0.2, 0.25) is 0 Å². The molecular formula is C14H19N5OS. The van der Waals surface area contributed by atoms with E-state index in [0.717, 1.165) is 31.8 Å². The van der Waals surface area contributed by atoms with Crippen molar-refractivity contribution in [1.29, 1.82) is 0 Å². The summed E-state index contributed by atoms with van der Waals surface area (Å²) in [5.41, 5.74) is 0. The van der Waals surface area contributed by atoms with Crippen molar-refractivity contribution >= 4 is 17.4 Å². The van der Waals surface area contributed by atoms with E-state index in [1.54, 1.807) is 17.7 Å². The molecule has 0 aromatic carbocycles. The van der Waals surface area contributed by atoms with E-state index in [9.17, 15) is 4.79 Å². The lowest BCUT2D eigenvalue weighted by molar-refractivity contribution is 0.193. The van der Waals surface area contributed by atoms with Crippen LogP contribution in [0, 0.1) is 0 Å². The molecule has 0 saturated carbocycles. The van der Waals surface area contributed by atoms with Crippen LogP contribution in [0.25, 0.3) is 0 Å². The third-order valence-electron chi connectivity index (χ3n) is 3.82. The molecule has 0 spiro atoms. The maximum Gasteiger partial charge on any atom is 0.318 e. The van der Waals surface area contributed by atoms with Crippen LogP contribution >= 0.6 is 11.3 Å². The average molecular weight is 305 g/mol. The van der Waals surface area contributed by atoms with Crippen molar-refractivity contribution in [3.63, 3.8) is 0 Å². The van der Waals surface area contributed by atoms with Gasteiger partial charge in [0.2, 0.25) is 0 Å². The number of aryl methyl sites for hydroxylation is 1. The minimum atomic E-state index is -0.0171. The summed E-state index contributed by atoms with van der Waals surface area (Å²) >= 11 is 1.72. The van der Waals surface area contributed by atoms with Gasteiger partial charge in [-0.25, -0.2) is 4.79 Å². The summed E-state index contributed by atoms with van der Waals surface area (Å²) in [5.74, 6) is 0.790. The second-order valence-corrected chi connectivity index (χ2v) is 6.04. The third kappa shape index (κ3) is 2.92. The smallest absolute Gasteiger partial charge is 0.318 e. The Hall–Kier alpha value is -1.89. The fraction of sp³-hybridized carbons (Fsp3) is 0.500. The highest BCUT2D eigenvalue weighted by molar-refractivity contribution is 7.10. The minimum absolute atomic E-state index is 0.0171. The molecule has 3 heterocycles. The number of likely N-dealkylation sites (tertiary alicyclic amines) is 1. The fourth-order valence-corrected chi connectivity index (χ4v) is 3.60. The van der Waals surface area contributed by atoms with Gasteiger partial charge in [-0.1, -0.05) is 6.07 Å². The van der Waals surface area contributed by atoms with Crippen molar-refractivity contribution in [3.05, 3.63) is 34.5 Å². The predicted octanol–water partition coefficient (Wildman–Crippen LogP) is 2.41. The topological polar surface area (TPSA) is 63.1 Å². The molecule has 3 rings (SSSR count). The van der Waals surface area contributed by atoms with Crippen LogP contribution in [0.15, 0.2) is 23.8 Å². The molecule has 0 unspecified atom stereocenters. The number of nitrogens with one attached hydrogen (secondary N) is 1. The van der Waals surface area contributed by atoms with Gasteiger partial charge in [-0.2, -0.15) is 0 Å². The highest BCUT2D eigenvalue weighted by Gasteiger charge is 2.30. The fourth-order valence-electron chi connectivity index (χ4n) is 2.72. The van der Waals surface area contributed by atoms with Gasteiger partial charge in [-0.3, -0.25) is 0 Å². The molecule has 2 aromatic rings. The van der Waals surface area contributed by atoms with Gasteiger partial charge < -0.3 is 14.8 Å². The van der Waals surface area contributed by atoms with Crippen molar-refractivity contribution < 1.29 is 4.79 Å². The summed E-state index contributed by atoms with van der Waals surface area (Å²) in [4.78, 5) is 15.6. The van der Waals surface area contributed by atoms with Crippen LogP contribution in [0.5, 0.6) is 0 Å². The van der Waals surface area contributed by atoms with Crippen molar-refractivity contribution in [1.82, 2.24) is 25.0 Å². The number of aromatic nitrogens is 3. The monoisotopic (exact) mass is 305 g/mol. The summed E-state index contributed by atoms with van der Waals surface area (Å²) in [6.45, 7) is 4.07. The van der Waals surface area contributed by atoms with Crippen LogP contribution in [0.4, 0.5) is 4.79 Å². The first-order chi connectivity index (χ1) is 10.3. The van der Waals surface area contributed by atoms with Crippen LogP contribution in [0.3, 0.4) is 0 Å². The highest BCUT2D eigenvalue weighted by atomic mass is 32.1. The summed E-state index contributed by atoms with van der Waals surface area (Å²) in [6, 6.07) is 4.35. The normalized spacial score (nSPS) is 18.1. The predicted molar refractivity (Wildman–Crippen MR) is 80.9 cm³/mol. The number of amides is 2. The molecular weight excluding hydrogens is 286 g/mol. The van der Waals surface area contributed by atoms with E-state index in [0.29, 0.717) is 6.54 Å². The first-order valence-electron chi connectivity index (χ1n) is 7.24. The summed E-state index contributed by atoms with van der Waals surface area (Å²) in [6.07, 6.45) is 3.78. The van der Waals surface area contributed by atoms with Gasteiger partial charge >= 0.3 is 6.03 Å². The van der Waals surface area contributed by atoms with E-state index in [4.69, 9.17) is 0 Å². The number of thiophene rings is 1. The summed E-state index contributed by atoms with van der Waals surface area (Å²) < 4.78 is 1.93. The zero-order chi connectivity index (χ0) is 14.7. The number of carbonyl (C=O) groups excluding carboxylic acids is 1. The lowest BCUT2D eigenvalue weighted by Crippen LogP contribution is -2.39. The van der Waals surface area contributed by atoms with E-state index in [-0.39, 0.29) is 12.1 Å². The van der Waals surface area contributed by atoms with Crippen molar-refractivity contribution in [2.45, 2.75) is 38.9 Å². The zero-order valence-corrected chi connectivity index (χ0v) is 12.8. The van der Waals surface area contributed by atoms with E-state index in [1.807, 2.05) is 22.5 Å². The Morgan fingerprint density at radius 1 is 1.57 bits per heavy atom. The molecule has 2 amide bonds. The second-order valence-electron chi connectivity index (χ2n) is 5.06. The number of carbonyl (C=O) groups is 1. The van der Waals surface area contributed by atoms with Crippen LogP contribution < -0.4 is 5.32 Å². The van der Waals surface area contributed by atoms with Crippen LogP contribution in [-0.4, -0.2) is 32.2 Å². The summed E-state index contributed by atoms with van der Waals surface area (Å²) in [5, 5.41) is 12.9. The highest BCUT2D eigenvalue weighted by Crippen LogP contribution is 2.34. The number of hydrogen-bond donors (Lipinski definition) is 1. The third-order valence-corrected chi connectivity index (χ3v) is 4.79. The van der Waals surface area contributed by atoms with E-state index < -0.39 is 0 Å². The van der Waals surface area contributed by atoms with Gasteiger partial charge in [-0.05, 0) is 31.2 Å². The average Bonchev–Trinajstić information content (AvgIpc) is 3.23. The Morgan fingerprint density at radius 2 is 2.48 bits per heavy atom. The molecule has 1 N–H and O–H groups in total. The SMILES string of the molecule is CCn1cnnc1CNC(=O)N1CCC[C@@H]1c1cccs1. The van der Waals surface area contributed by atoms with Crippen molar-refractivity contribution in [2.75, 3.05) is 6.54 Å². The van der Waals surface area contributed by atoms with Crippen molar-refractivity contribution in [3.8, 4) is 0 Å². The maximum absolute atomic E-state index is 12.4. The molecule has 0 radical (unpaired) electrons. The van der Waals surface area contributed by atoms with E-state index in [1.165, 1.54) is 4.88 Å². The molecule has 21 heavy (non-hydrogen) atoms. The standard InChI is InChI=1S/C14H19N5OS/c1-2-18-10-16-17-13(18)9-15-14(20)19-7-3-5-11(19)12-6-4-8-21-12/h4,6,8,10-11H,2-3,5,7,9H2,1H3,(H,15,20)/t11-/m1/s1. The quantitative estimate of drug-likeness (QED) is 0.943. The van der Waals surface area contributed by atoms with Gasteiger partial charge in [0.05, 0.1) is 12.6 Å². The molecule has 1 saturated heterocycles. The number of urea groups is 1. The molecule has 1 aliphatic heterocycles. The number of rotatable bonds is 4. The second kappa shape index (κ2) is 6.26. The number of nitrogens with zero attached hydrogens (tertiary/aromatic N) is 4. The van der Waals surface area contributed by atoms with Gasteiger partial charge in [-0.15, -0.1) is 21.5 Å². The van der Waals surface area contributed by atoms with Crippen LogP contribution in [-0.2, 0) is 13.1 Å². The van der Waals surface area contributed by atoms with Gasteiger partial charge in [0.25, 0.3) is 0 Å². The Labute approximate surface area is 127 Å². The zero-order valence-electron chi connectivity index (χ0n) is 12.0. The first-order valence-corrected chi connectivity index (χ1v) is 8.12. The van der Waals surface area contributed by atoms with E-state index >= 15 is 0 Å². The Morgan fingerprint density at radius 3 is 3.24 bits per heavy atom. The Balaban J connectivity index is 1.62. The molecule has 1 atom stereocenters. The molecule has 0 aliphatic carbocycles. The molecule has 1 aliphatic rings. The Bertz CT molecular complexity index is 594. The molecule has 7 heteroatoms. The van der Waals surface area contributed by atoms with Crippen molar-refractivity contribution in [2.24, 2.45) is 0 Å². The van der Waals surface area contributed by atoms with Crippen LogP contribution in [0.1, 0.15) is 36.5 Å². The molecule has 1 fully saturated rings. The largest absolute Gasteiger partial charge is 0.331 e. The Kier molecular flexibility index (Phi) is 4.19. The lowest BCUT2D eigenvalue weighted by atomic mass is 10.2. The molecule has 112 valence electrons. The first kappa shape index (κ1) is 14.1. The molecule has 6 nitrogen and oxygen atoms in total. The van der Waals surface area contributed by atoms with Gasteiger partial charge in [0.15, 0.2) is 5.82 Å².